The van der Waals surface area contributed by atoms with Crippen LogP contribution in [0.1, 0.15) is 113 Å². The van der Waals surface area contributed by atoms with Gasteiger partial charge in [0.15, 0.2) is 0 Å². The Morgan fingerprint density at radius 1 is 0.973 bits per heavy atom. The highest BCUT2D eigenvalue weighted by molar-refractivity contribution is 5.86. The Kier molecular flexibility index (Phi) is 6.13. The lowest BCUT2D eigenvalue weighted by Gasteiger charge is -2.62. The molecule has 37 heavy (non-hydrogen) atoms. The molecular weight excluding hydrogens is 464 g/mol. The van der Waals surface area contributed by atoms with Gasteiger partial charge in [-0.05, 0) is 116 Å². The van der Waals surface area contributed by atoms with E-state index in [0.717, 1.165) is 18.8 Å². The third-order valence-electron chi connectivity index (χ3n) is 13.3. The fourth-order valence-electron chi connectivity index (χ4n) is 11.4. The van der Waals surface area contributed by atoms with Crippen molar-refractivity contribution in [2.24, 2.45) is 50.7 Å². The van der Waals surface area contributed by atoms with Crippen molar-refractivity contribution in [2.75, 3.05) is 0 Å². The number of ether oxygens (including phenoxy) is 1. The molecule has 0 aliphatic heterocycles. The molecule has 0 saturated heterocycles. The summed E-state index contributed by atoms with van der Waals surface area (Å²) in [6.45, 7) is 14.9. The summed E-state index contributed by atoms with van der Waals surface area (Å²) in [6, 6.07) is 0. The van der Waals surface area contributed by atoms with E-state index in [-0.39, 0.29) is 27.8 Å². The third kappa shape index (κ3) is 3.57. The van der Waals surface area contributed by atoms with Gasteiger partial charge in [0.1, 0.15) is 11.9 Å². The number of aliphatic carboxylic acids is 1. The van der Waals surface area contributed by atoms with Crippen LogP contribution in [0.15, 0.2) is 11.6 Å². The standard InChI is InChI=1S/C32H48O5/c1-19(16-22(37-21(3)33)17-20(2)27(35)36)23-10-12-30(7)25-9-8-24-28(4,5)26(34)11-13-31(24)18-32(25,31)15-14-29(23,30)6/h17,19,22-25H,8-16,18H2,1-7H3,(H,35,36)/b20-17+/t19-,22-,23-,24+,25+,29-,30+,31-,32+/m1/s1. The molecule has 206 valence electrons. The van der Waals surface area contributed by atoms with Gasteiger partial charge >= 0.3 is 11.9 Å². The van der Waals surface area contributed by atoms with E-state index in [0.29, 0.717) is 40.8 Å². The number of carbonyl (C=O) groups is 3. The molecule has 5 heteroatoms. The van der Waals surface area contributed by atoms with Gasteiger partial charge in [0.25, 0.3) is 0 Å². The number of Topliss-reactive ketones (excluding diaryl/α,β-unsaturated/α-hetero) is 1. The molecule has 0 heterocycles. The van der Waals surface area contributed by atoms with Gasteiger partial charge < -0.3 is 9.84 Å². The minimum atomic E-state index is -0.968. The first kappa shape index (κ1) is 26.9. The molecule has 0 aromatic carbocycles. The normalized spacial score (nSPS) is 45.5. The zero-order chi connectivity index (χ0) is 27.2. The predicted molar refractivity (Wildman–Crippen MR) is 143 cm³/mol. The molecule has 1 N–H and O–H groups in total. The van der Waals surface area contributed by atoms with Crippen LogP contribution in [-0.2, 0) is 19.1 Å². The monoisotopic (exact) mass is 512 g/mol. The molecule has 2 spiro atoms. The Bertz CT molecular complexity index is 1040. The van der Waals surface area contributed by atoms with Crippen LogP contribution in [0.3, 0.4) is 0 Å². The fraction of sp³-hybridized carbons (Fsp3) is 0.844. The lowest BCUT2D eigenvalue weighted by molar-refractivity contribution is -0.158. The number of hydrogen-bond acceptors (Lipinski definition) is 4. The number of rotatable bonds is 6. The van der Waals surface area contributed by atoms with Gasteiger partial charge in [0.2, 0.25) is 0 Å². The minimum absolute atomic E-state index is 0.172. The van der Waals surface area contributed by atoms with Crippen LogP contribution < -0.4 is 0 Å². The summed E-state index contributed by atoms with van der Waals surface area (Å²) >= 11 is 0. The first-order chi connectivity index (χ1) is 17.1. The molecule has 5 aliphatic rings. The average Bonchev–Trinajstić information content (AvgIpc) is 3.38. The molecule has 0 aromatic heterocycles. The Hall–Kier alpha value is -1.65. The van der Waals surface area contributed by atoms with Crippen LogP contribution >= 0.6 is 0 Å². The lowest BCUT2D eigenvalue weighted by Crippen LogP contribution is -2.57. The highest BCUT2D eigenvalue weighted by Gasteiger charge is 2.82. The minimum Gasteiger partial charge on any atom is -0.478 e. The second kappa shape index (κ2) is 8.42. The molecule has 0 unspecified atom stereocenters. The van der Waals surface area contributed by atoms with Crippen molar-refractivity contribution in [1.29, 1.82) is 0 Å². The Labute approximate surface area is 223 Å². The fourth-order valence-corrected chi connectivity index (χ4v) is 11.4. The van der Waals surface area contributed by atoms with E-state index in [1.54, 1.807) is 13.0 Å². The summed E-state index contributed by atoms with van der Waals surface area (Å²) in [7, 11) is 0. The average molecular weight is 513 g/mol. The van der Waals surface area contributed by atoms with Gasteiger partial charge in [-0.2, -0.15) is 0 Å². The van der Waals surface area contributed by atoms with Crippen molar-refractivity contribution in [1.82, 2.24) is 0 Å². The van der Waals surface area contributed by atoms with E-state index < -0.39 is 12.1 Å². The molecule has 5 aliphatic carbocycles. The van der Waals surface area contributed by atoms with Gasteiger partial charge in [-0.25, -0.2) is 4.79 Å². The summed E-state index contributed by atoms with van der Waals surface area (Å²) in [5.41, 5.74) is 1.39. The van der Waals surface area contributed by atoms with Crippen molar-refractivity contribution in [3.63, 3.8) is 0 Å². The van der Waals surface area contributed by atoms with E-state index in [9.17, 15) is 19.5 Å². The molecule has 5 nitrogen and oxygen atoms in total. The molecule has 0 amide bonds. The summed E-state index contributed by atoms with van der Waals surface area (Å²) in [5, 5.41) is 9.38. The van der Waals surface area contributed by atoms with Gasteiger partial charge in [-0.15, -0.1) is 0 Å². The Balaban J connectivity index is 1.39. The summed E-state index contributed by atoms with van der Waals surface area (Å²) in [4.78, 5) is 36.1. The van der Waals surface area contributed by atoms with Crippen LogP contribution in [0.5, 0.6) is 0 Å². The van der Waals surface area contributed by atoms with Crippen molar-refractivity contribution in [3.8, 4) is 0 Å². The number of carbonyl (C=O) groups excluding carboxylic acids is 2. The molecule has 5 fully saturated rings. The number of fused-ring (bicyclic) bond motifs is 2. The number of carboxylic acids is 1. The van der Waals surface area contributed by atoms with Crippen LogP contribution in [0.4, 0.5) is 0 Å². The molecule has 0 bridgehead atoms. The van der Waals surface area contributed by atoms with E-state index >= 15 is 0 Å². The van der Waals surface area contributed by atoms with E-state index in [4.69, 9.17) is 4.74 Å². The van der Waals surface area contributed by atoms with Crippen molar-refractivity contribution in [3.05, 3.63) is 11.6 Å². The SMILES string of the molecule is CC(=O)O[C@@H](/C=C(\C)C(=O)O)C[C@@H](C)[C@H]1CC[C@@]2(C)[C@@H]3CC[C@H]4C(C)(C)C(=O)CC[C@@]45C[C@@]35CC[C@]12C. The van der Waals surface area contributed by atoms with Crippen molar-refractivity contribution in [2.45, 2.75) is 119 Å². The van der Waals surface area contributed by atoms with E-state index in [2.05, 4.69) is 34.6 Å². The molecular formula is C32H48O5. The second-order valence-corrected chi connectivity index (χ2v) is 14.8. The first-order valence-electron chi connectivity index (χ1n) is 14.8. The largest absolute Gasteiger partial charge is 0.478 e. The van der Waals surface area contributed by atoms with Crippen LogP contribution in [0, 0.1) is 50.7 Å². The van der Waals surface area contributed by atoms with Crippen molar-refractivity contribution < 1.29 is 24.2 Å². The maximum Gasteiger partial charge on any atom is 0.331 e. The van der Waals surface area contributed by atoms with Gasteiger partial charge in [0.05, 0.1) is 0 Å². The second-order valence-electron chi connectivity index (χ2n) is 14.8. The highest BCUT2D eigenvalue weighted by Crippen LogP contribution is 2.88. The number of hydrogen-bond donors (Lipinski definition) is 1. The zero-order valence-electron chi connectivity index (χ0n) is 24.1. The van der Waals surface area contributed by atoms with E-state index in [1.165, 1.54) is 51.9 Å². The third-order valence-corrected chi connectivity index (χ3v) is 13.3. The molecule has 0 aromatic rings. The van der Waals surface area contributed by atoms with Crippen LogP contribution in [-0.4, -0.2) is 28.9 Å². The smallest absolute Gasteiger partial charge is 0.331 e. The summed E-state index contributed by atoms with van der Waals surface area (Å²) < 4.78 is 5.58. The maximum atomic E-state index is 12.9. The first-order valence-corrected chi connectivity index (χ1v) is 14.8. The molecule has 5 rings (SSSR count). The summed E-state index contributed by atoms with van der Waals surface area (Å²) in [5.74, 6) is 1.30. The maximum absolute atomic E-state index is 12.9. The van der Waals surface area contributed by atoms with E-state index in [1.807, 2.05) is 0 Å². The number of carboxylic acid groups (broad SMARTS) is 1. The predicted octanol–water partition coefficient (Wildman–Crippen LogP) is 6.98. The zero-order valence-corrected chi connectivity index (χ0v) is 24.1. The number of ketones is 1. The Morgan fingerprint density at radius 2 is 1.62 bits per heavy atom. The van der Waals surface area contributed by atoms with Gasteiger partial charge in [-0.3, -0.25) is 9.59 Å². The topological polar surface area (TPSA) is 80.7 Å². The summed E-state index contributed by atoms with van der Waals surface area (Å²) in [6.07, 6.45) is 12.4. The molecule has 9 atom stereocenters. The van der Waals surface area contributed by atoms with Crippen LogP contribution in [0.2, 0.25) is 0 Å². The van der Waals surface area contributed by atoms with Crippen molar-refractivity contribution >= 4 is 17.7 Å². The lowest BCUT2D eigenvalue weighted by atomic mass is 9.42. The van der Waals surface area contributed by atoms with Crippen LogP contribution in [0.25, 0.3) is 0 Å². The van der Waals surface area contributed by atoms with Gasteiger partial charge in [-0.1, -0.05) is 34.6 Å². The van der Waals surface area contributed by atoms with Gasteiger partial charge in [0, 0.05) is 24.3 Å². The Morgan fingerprint density at radius 3 is 2.27 bits per heavy atom. The molecule has 5 saturated carbocycles. The highest BCUT2D eigenvalue weighted by atomic mass is 16.5. The quantitative estimate of drug-likeness (QED) is 0.307. The number of esters is 1. The molecule has 0 radical (unpaired) electrons.